The van der Waals surface area contributed by atoms with Gasteiger partial charge in [0, 0.05) is 12.7 Å². The highest BCUT2D eigenvalue weighted by molar-refractivity contribution is 5.91. The molecule has 0 N–H and O–H groups in total. The molecular formula is C29H32O4. The summed E-state index contributed by atoms with van der Waals surface area (Å²) in [6, 6.07) is 22.5. The quantitative estimate of drug-likeness (QED) is 0.250. The second-order valence-electron chi connectivity index (χ2n) is 8.56. The van der Waals surface area contributed by atoms with E-state index in [9.17, 15) is 9.59 Å². The molecule has 3 aromatic rings. The smallest absolute Gasteiger partial charge is 0.343 e. The third-order valence-electron chi connectivity index (χ3n) is 6.07. The van der Waals surface area contributed by atoms with Crippen molar-refractivity contribution < 1.29 is 19.1 Å². The summed E-state index contributed by atoms with van der Waals surface area (Å²) in [5.74, 6) is 0.832. The van der Waals surface area contributed by atoms with Crippen molar-refractivity contribution in [3.05, 3.63) is 101 Å². The molecule has 172 valence electrons. The minimum atomic E-state index is -0.434. The first kappa shape index (κ1) is 24.4. The molecule has 1 aliphatic rings. The second-order valence-corrected chi connectivity index (χ2v) is 8.56. The molecule has 0 aliphatic heterocycles. The Bertz CT molecular complexity index is 1010. The number of carbonyl (C=O) groups excluding carboxylic acids is 2. The molecule has 1 saturated carbocycles. The highest BCUT2D eigenvalue weighted by atomic mass is 16.5. The summed E-state index contributed by atoms with van der Waals surface area (Å²) in [6.07, 6.45) is 6.23. The summed E-state index contributed by atoms with van der Waals surface area (Å²) in [5, 5.41) is 0. The number of rotatable bonds is 5. The van der Waals surface area contributed by atoms with E-state index in [0.29, 0.717) is 23.0 Å². The van der Waals surface area contributed by atoms with Crippen LogP contribution in [0.2, 0.25) is 0 Å². The number of esters is 1. The summed E-state index contributed by atoms with van der Waals surface area (Å²) in [5.41, 5.74) is 4.91. The van der Waals surface area contributed by atoms with E-state index in [4.69, 9.17) is 9.47 Å². The predicted octanol–water partition coefficient (Wildman–Crippen LogP) is 6.69. The summed E-state index contributed by atoms with van der Waals surface area (Å²) < 4.78 is 10.6. The van der Waals surface area contributed by atoms with E-state index >= 15 is 0 Å². The molecule has 0 aromatic heterocycles. The van der Waals surface area contributed by atoms with Gasteiger partial charge in [-0.25, -0.2) is 4.79 Å². The fraction of sp³-hybridized carbons (Fsp3) is 0.310. The lowest BCUT2D eigenvalue weighted by Gasteiger charge is -2.27. The van der Waals surface area contributed by atoms with E-state index in [0.717, 1.165) is 17.8 Å². The average Bonchev–Trinajstić information content (AvgIpc) is 2.86. The predicted molar refractivity (Wildman–Crippen MR) is 131 cm³/mol. The number of aryl methyl sites for hydroxylation is 2. The number of ether oxygens (including phenoxy) is 2. The Morgan fingerprint density at radius 2 is 1.33 bits per heavy atom. The standard InChI is InChI=1S/C15H12O3.C14H20O/c1-11-2-8-14(9-3-11)18-15(17)13-6-4-12(10-16)5-7-13;1-11-3-5-12(6-4-11)13-7-9-14(15-2)10-8-13/h2-10H,1H3;3-6,13-14H,7-10H2,1-2H3. The third kappa shape index (κ3) is 7.40. The van der Waals surface area contributed by atoms with Crippen molar-refractivity contribution in [3.8, 4) is 5.75 Å². The summed E-state index contributed by atoms with van der Waals surface area (Å²) in [7, 11) is 1.83. The van der Waals surface area contributed by atoms with Crippen LogP contribution in [-0.2, 0) is 4.74 Å². The molecule has 0 spiro atoms. The van der Waals surface area contributed by atoms with Gasteiger partial charge in [-0.2, -0.15) is 0 Å². The largest absolute Gasteiger partial charge is 0.423 e. The van der Waals surface area contributed by atoms with Gasteiger partial charge in [0.25, 0.3) is 0 Å². The zero-order valence-electron chi connectivity index (χ0n) is 19.6. The monoisotopic (exact) mass is 444 g/mol. The zero-order valence-corrected chi connectivity index (χ0v) is 19.6. The van der Waals surface area contributed by atoms with Crippen LogP contribution in [0.5, 0.6) is 5.75 Å². The van der Waals surface area contributed by atoms with Crippen LogP contribution in [0.1, 0.15) is 69.0 Å². The molecule has 0 bridgehead atoms. The molecule has 4 heteroatoms. The first-order valence-electron chi connectivity index (χ1n) is 11.4. The van der Waals surface area contributed by atoms with E-state index in [1.807, 2.05) is 26.2 Å². The lowest BCUT2D eigenvalue weighted by Crippen LogP contribution is -2.19. The maximum atomic E-state index is 11.8. The normalized spacial score (nSPS) is 17.4. The van der Waals surface area contributed by atoms with Crippen LogP contribution in [-0.4, -0.2) is 25.5 Å². The van der Waals surface area contributed by atoms with Crippen molar-refractivity contribution in [2.75, 3.05) is 7.11 Å². The Morgan fingerprint density at radius 3 is 1.85 bits per heavy atom. The molecule has 3 aromatic carbocycles. The van der Waals surface area contributed by atoms with Crippen LogP contribution in [0.4, 0.5) is 0 Å². The van der Waals surface area contributed by atoms with Crippen LogP contribution < -0.4 is 4.74 Å². The molecule has 33 heavy (non-hydrogen) atoms. The molecule has 0 saturated heterocycles. The van der Waals surface area contributed by atoms with Gasteiger partial charge in [0.05, 0.1) is 11.7 Å². The minimum absolute atomic E-state index is 0.418. The fourth-order valence-electron chi connectivity index (χ4n) is 3.94. The van der Waals surface area contributed by atoms with Gasteiger partial charge < -0.3 is 9.47 Å². The van der Waals surface area contributed by atoms with Gasteiger partial charge in [-0.1, -0.05) is 59.7 Å². The Balaban J connectivity index is 0.000000189. The van der Waals surface area contributed by atoms with Gasteiger partial charge in [-0.15, -0.1) is 0 Å². The molecule has 0 amide bonds. The van der Waals surface area contributed by atoms with Gasteiger partial charge in [0.15, 0.2) is 0 Å². The zero-order chi connectivity index (χ0) is 23.6. The van der Waals surface area contributed by atoms with E-state index in [-0.39, 0.29) is 0 Å². The number of aldehydes is 1. The van der Waals surface area contributed by atoms with Gasteiger partial charge in [0.1, 0.15) is 12.0 Å². The van der Waals surface area contributed by atoms with Crippen LogP contribution in [0.15, 0.2) is 72.8 Å². The molecule has 0 heterocycles. The maximum Gasteiger partial charge on any atom is 0.343 e. The van der Waals surface area contributed by atoms with Crippen molar-refractivity contribution in [2.24, 2.45) is 0 Å². The Kier molecular flexibility index (Phi) is 8.96. The molecule has 0 unspecified atom stereocenters. The van der Waals surface area contributed by atoms with Crippen LogP contribution in [0, 0.1) is 13.8 Å². The van der Waals surface area contributed by atoms with Gasteiger partial charge >= 0.3 is 5.97 Å². The Labute approximate surface area is 196 Å². The SMILES string of the molecule is COC1CCC(c2ccc(C)cc2)CC1.Cc1ccc(OC(=O)c2ccc(C=O)cc2)cc1. The van der Waals surface area contributed by atoms with Crippen LogP contribution >= 0.6 is 0 Å². The van der Waals surface area contributed by atoms with Crippen molar-refractivity contribution in [2.45, 2.75) is 51.6 Å². The lowest BCUT2D eigenvalue weighted by atomic mass is 9.82. The summed E-state index contributed by atoms with van der Waals surface area (Å²) >= 11 is 0. The van der Waals surface area contributed by atoms with E-state index in [1.54, 1.807) is 36.4 Å². The highest BCUT2D eigenvalue weighted by Gasteiger charge is 2.21. The van der Waals surface area contributed by atoms with E-state index in [2.05, 4.69) is 31.2 Å². The number of benzene rings is 3. The van der Waals surface area contributed by atoms with Crippen molar-refractivity contribution >= 4 is 12.3 Å². The number of methoxy groups -OCH3 is 1. The average molecular weight is 445 g/mol. The maximum absolute atomic E-state index is 11.8. The van der Waals surface area contributed by atoms with E-state index < -0.39 is 5.97 Å². The molecule has 0 atom stereocenters. The summed E-state index contributed by atoms with van der Waals surface area (Å²) in [6.45, 7) is 4.11. The molecular weight excluding hydrogens is 412 g/mol. The topological polar surface area (TPSA) is 52.6 Å². The Morgan fingerprint density at radius 1 is 0.788 bits per heavy atom. The molecule has 4 rings (SSSR count). The third-order valence-corrected chi connectivity index (χ3v) is 6.07. The van der Waals surface area contributed by atoms with Gasteiger partial charge in [-0.05, 0) is 75.3 Å². The first-order valence-corrected chi connectivity index (χ1v) is 11.4. The molecule has 1 aliphatic carbocycles. The number of hydrogen-bond donors (Lipinski definition) is 0. The second kappa shape index (κ2) is 12.1. The minimum Gasteiger partial charge on any atom is -0.423 e. The first-order chi connectivity index (χ1) is 16.0. The van der Waals surface area contributed by atoms with Crippen molar-refractivity contribution in [1.29, 1.82) is 0 Å². The fourth-order valence-corrected chi connectivity index (χ4v) is 3.94. The number of carbonyl (C=O) groups is 2. The molecule has 1 fully saturated rings. The van der Waals surface area contributed by atoms with Crippen LogP contribution in [0.3, 0.4) is 0 Å². The van der Waals surface area contributed by atoms with Crippen molar-refractivity contribution in [1.82, 2.24) is 0 Å². The van der Waals surface area contributed by atoms with E-state index in [1.165, 1.54) is 36.8 Å². The van der Waals surface area contributed by atoms with Gasteiger partial charge in [-0.3, -0.25) is 4.79 Å². The molecule has 0 radical (unpaired) electrons. The highest BCUT2D eigenvalue weighted by Crippen LogP contribution is 2.33. The van der Waals surface area contributed by atoms with Crippen LogP contribution in [0.25, 0.3) is 0 Å². The molecule has 4 nitrogen and oxygen atoms in total. The summed E-state index contributed by atoms with van der Waals surface area (Å²) in [4.78, 5) is 22.3. The Hall–Kier alpha value is -3.24. The lowest BCUT2D eigenvalue weighted by molar-refractivity contribution is 0.0658. The van der Waals surface area contributed by atoms with Crippen molar-refractivity contribution in [3.63, 3.8) is 0 Å². The van der Waals surface area contributed by atoms with Gasteiger partial charge in [0.2, 0.25) is 0 Å². The number of hydrogen-bond acceptors (Lipinski definition) is 4.